The minimum atomic E-state index is -4.28. The summed E-state index contributed by atoms with van der Waals surface area (Å²) in [5.41, 5.74) is 1.30. The number of aromatic amines is 1. The van der Waals surface area contributed by atoms with Crippen LogP contribution in [0.3, 0.4) is 0 Å². The maximum Gasteiger partial charge on any atom is 0.393 e. The summed E-state index contributed by atoms with van der Waals surface area (Å²) in [6.07, 6.45) is -3.58. The fourth-order valence-electron chi connectivity index (χ4n) is 3.28. The molecule has 1 aromatic heterocycles. The molecule has 0 aromatic carbocycles. The third-order valence-corrected chi connectivity index (χ3v) is 4.75. The molecule has 1 aromatic rings. The molecule has 0 bridgehead atoms. The predicted octanol–water partition coefficient (Wildman–Crippen LogP) is 2.60. The number of amides is 1. The topological polar surface area (TPSA) is 77.0 Å². The van der Waals surface area contributed by atoms with E-state index in [0.717, 1.165) is 0 Å². The van der Waals surface area contributed by atoms with Crippen molar-refractivity contribution >= 4 is 5.91 Å². The molecule has 2 rings (SSSR count). The van der Waals surface area contributed by atoms with E-state index in [0.29, 0.717) is 29.8 Å². The zero-order valence-corrected chi connectivity index (χ0v) is 14.2. The number of aromatic nitrogens is 1. The lowest BCUT2D eigenvalue weighted by Gasteiger charge is -2.33. The molecule has 0 unspecified atom stereocenters. The Balaban J connectivity index is 2.08. The van der Waals surface area contributed by atoms with E-state index in [4.69, 9.17) is 5.26 Å². The molecule has 1 aliphatic rings. The van der Waals surface area contributed by atoms with Gasteiger partial charge in [0.05, 0.1) is 5.92 Å². The number of hydrogen-bond donors (Lipinski definition) is 1. The molecule has 1 fully saturated rings. The van der Waals surface area contributed by atoms with Crippen LogP contribution in [-0.4, -0.2) is 35.1 Å². The van der Waals surface area contributed by atoms with E-state index < -0.39 is 17.7 Å². The zero-order valence-electron chi connectivity index (χ0n) is 14.2. The summed E-state index contributed by atoms with van der Waals surface area (Å²) in [7, 11) is 0. The molecule has 0 aliphatic carbocycles. The number of piperidine rings is 1. The molecule has 2 heterocycles. The SMILES string of the molecule is Cc1[nH]c(=O)c(C#N)c(C)c1CCC(=O)N1CCC[C@@H](C(F)(F)F)C1. The van der Waals surface area contributed by atoms with E-state index in [-0.39, 0.29) is 37.3 Å². The first-order valence-corrected chi connectivity index (χ1v) is 8.12. The molecule has 0 saturated carbocycles. The molecule has 8 heteroatoms. The summed E-state index contributed by atoms with van der Waals surface area (Å²) < 4.78 is 38.6. The maximum atomic E-state index is 12.9. The second-order valence-electron chi connectivity index (χ2n) is 6.39. The van der Waals surface area contributed by atoms with Gasteiger partial charge < -0.3 is 9.88 Å². The molecule has 1 saturated heterocycles. The first-order valence-electron chi connectivity index (χ1n) is 8.12. The van der Waals surface area contributed by atoms with Crippen LogP contribution < -0.4 is 5.56 Å². The second-order valence-corrected chi connectivity index (χ2v) is 6.39. The molecule has 1 amide bonds. The van der Waals surface area contributed by atoms with Crippen molar-refractivity contribution in [2.24, 2.45) is 5.92 Å². The number of alkyl halides is 3. The fourth-order valence-corrected chi connectivity index (χ4v) is 3.28. The zero-order chi connectivity index (χ0) is 18.8. The van der Waals surface area contributed by atoms with Gasteiger partial charge in [0.25, 0.3) is 5.56 Å². The Hall–Kier alpha value is -2.30. The summed E-state index contributed by atoms with van der Waals surface area (Å²) in [5, 5.41) is 9.05. The van der Waals surface area contributed by atoms with E-state index in [1.54, 1.807) is 13.8 Å². The molecule has 1 N–H and O–H groups in total. The number of carbonyl (C=O) groups is 1. The number of nitriles is 1. The van der Waals surface area contributed by atoms with Gasteiger partial charge in [-0.2, -0.15) is 18.4 Å². The molecule has 5 nitrogen and oxygen atoms in total. The number of hydrogen-bond acceptors (Lipinski definition) is 3. The van der Waals surface area contributed by atoms with E-state index >= 15 is 0 Å². The Morgan fingerprint density at radius 3 is 2.68 bits per heavy atom. The Morgan fingerprint density at radius 1 is 1.40 bits per heavy atom. The number of pyridine rings is 1. The first kappa shape index (κ1) is 19.0. The Bertz CT molecular complexity index is 762. The van der Waals surface area contributed by atoms with Crippen molar-refractivity contribution in [2.75, 3.05) is 13.1 Å². The normalized spacial score (nSPS) is 18.1. The summed E-state index contributed by atoms with van der Waals surface area (Å²) in [4.78, 5) is 27.9. The molecule has 0 radical (unpaired) electrons. The molecule has 0 spiro atoms. The van der Waals surface area contributed by atoms with E-state index in [9.17, 15) is 22.8 Å². The highest BCUT2D eigenvalue weighted by molar-refractivity contribution is 5.76. The molecule has 25 heavy (non-hydrogen) atoms. The number of rotatable bonds is 3. The van der Waals surface area contributed by atoms with Crippen molar-refractivity contribution in [3.8, 4) is 6.07 Å². The van der Waals surface area contributed by atoms with Gasteiger partial charge in [-0.05, 0) is 44.2 Å². The van der Waals surface area contributed by atoms with Crippen LogP contribution in [0.4, 0.5) is 13.2 Å². The van der Waals surface area contributed by atoms with E-state index in [1.807, 2.05) is 6.07 Å². The third-order valence-electron chi connectivity index (χ3n) is 4.75. The molecular weight excluding hydrogens is 335 g/mol. The average molecular weight is 355 g/mol. The largest absolute Gasteiger partial charge is 0.393 e. The Labute approximate surface area is 143 Å². The van der Waals surface area contributed by atoms with Gasteiger partial charge >= 0.3 is 6.18 Å². The third kappa shape index (κ3) is 4.21. The van der Waals surface area contributed by atoms with Gasteiger partial charge in [-0.1, -0.05) is 0 Å². The van der Waals surface area contributed by atoms with Gasteiger partial charge in [0.1, 0.15) is 11.6 Å². The summed E-state index contributed by atoms with van der Waals surface area (Å²) in [6.45, 7) is 3.35. The molecule has 1 aliphatic heterocycles. The van der Waals surface area contributed by atoms with Gasteiger partial charge in [0, 0.05) is 25.2 Å². The number of nitrogens with one attached hydrogen (secondary N) is 1. The highest BCUT2D eigenvalue weighted by atomic mass is 19.4. The number of nitrogens with zero attached hydrogens (tertiary/aromatic N) is 2. The summed E-state index contributed by atoms with van der Waals surface area (Å²) in [5.74, 6) is -1.80. The van der Waals surface area contributed by atoms with Crippen LogP contribution in [0.1, 0.15) is 41.6 Å². The van der Waals surface area contributed by atoms with Crippen LogP contribution in [0.15, 0.2) is 4.79 Å². The van der Waals surface area contributed by atoms with Crippen molar-refractivity contribution in [2.45, 2.75) is 45.7 Å². The minimum absolute atomic E-state index is 0.00292. The van der Waals surface area contributed by atoms with Gasteiger partial charge in [0.15, 0.2) is 0 Å². The van der Waals surface area contributed by atoms with Crippen LogP contribution in [-0.2, 0) is 11.2 Å². The quantitative estimate of drug-likeness (QED) is 0.905. The second kappa shape index (κ2) is 7.30. The monoisotopic (exact) mass is 355 g/mol. The van der Waals surface area contributed by atoms with Crippen molar-refractivity contribution in [1.82, 2.24) is 9.88 Å². The molecular formula is C17H20F3N3O2. The number of halogens is 3. The Morgan fingerprint density at radius 2 is 2.08 bits per heavy atom. The molecule has 136 valence electrons. The Kier molecular flexibility index (Phi) is 5.55. The van der Waals surface area contributed by atoms with Crippen molar-refractivity contribution in [1.29, 1.82) is 5.26 Å². The van der Waals surface area contributed by atoms with Crippen LogP contribution in [0.5, 0.6) is 0 Å². The van der Waals surface area contributed by atoms with Gasteiger partial charge in [-0.25, -0.2) is 0 Å². The van der Waals surface area contributed by atoms with E-state index in [1.165, 1.54) is 4.90 Å². The lowest BCUT2D eigenvalue weighted by Crippen LogP contribution is -2.44. The number of carbonyl (C=O) groups excluding carboxylic acids is 1. The van der Waals surface area contributed by atoms with Crippen molar-refractivity contribution < 1.29 is 18.0 Å². The summed E-state index contributed by atoms with van der Waals surface area (Å²) >= 11 is 0. The molecule has 1 atom stereocenters. The van der Waals surface area contributed by atoms with Gasteiger partial charge in [-0.3, -0.25) is 9.59 Å². The smallest absolute Gasteiger partial charge is 0.342 e. The average Bonchev–Trinajstić information content (AvgIpc) is 2.53. The minimum Gasteiger partial charge on any atom is -0.342 e. The standard InChI is InChI=1S/C17H20F3N3O2/c1-10-13(11(2)22-16(25)14(10)8-21)5-6-15(24)23-7-3-4-12(9-23)17(18,19)20/h12H,3-7,9H2,1-2H3,(H,22,25)/t12-/m1/s1. The van der Waals surface area contributed by atoms with Crippen LogP contribution in [0, 0.1) is 31.1 Å². The number of likely N-dealkylation sites (tertiary alicyclic amines) is 1. The fraction of sp³-hybridized carbons (Fsp3) is 0.588. The highest BCUT2D eigenvalue weighted by Gasteiger charge is 2.42. The maximum absolute atomic E-state index is 12.9. The highest BCUT2D eigenvalue weighted by Crippen LogP contribution is 2.33. The summed E-state index contributed by atoms with van der Waals surface area (Å²) in [6, 6.07) is 1.84. The predicted molar refractivity (Wildman–Crippen MR) is 84.9 cm³/mol. The lowest BCUT2D eigenvalue weighted by molar-refractivity contribution is -0.188. The first-order chi connectivity index (χ1) is 11.6. The van der Waals surface area contributed by atoms with Gasteiger partial charge in [-0.15, -0.1) is 0 Å². The van der Waals surface area contributed by atoms with Crippen molar-refractivity contribution in [3.05, 3.63) is 32.7 Å². The van der Waals surface area contributed by atoms with Crippen molar-refractivity contribution in [3.63, 3.8) is 0 Å². The van der Waals surface area contributed by atoms with Crippen LogP contribution in [0.25, 0.3) is 0 Å². The van der Waals surface area contributed by atoms with Gasteiger partial charge in [0.2, 0.25) is 5.91 Å². The van der Waals surface area contributed by atoms with E-state index in [2.05, 4.69) is 4.98 Å². The number of aryl methyl sites for hydroxylation is 1. The number of H-pyrrole nitrogens is 1. The van der Waals surface area contributed by atoms with Crippen LogP contribution >= 0.6 is 0 Å². The van der Waals surface area contributed by atoms with Crippen LogP contribution in [0.2, 0.25) is 0 Å². The lowest BCUT2D eigenvalue weighted by atomic mass is 9.96.